The van der Waals surface area contributed by atoms with Gasteiger partial charge in [0.2, 0.25) is 5.88 Å². The molecule has 0 saturated carbocycles. The molecule has 0 aromatic carbocycles. The van der Waals surface area contributed by atoms with Gasteiger partial charge in [-0.05, 0) is 19.4 Å². The first kappa shape index (κ1) is 17.5. The summed E-state index contributed by atoms with van der Waals surface area (Å²) in [6, 6.07) is 4.01. The van der Waals surface area contributed by atoms with E-state index >= 15 is 0 Å². The van der Waals surface area contributed by atoms with Crippen LogP contribution >= 0.6 is 0 Å². The van der Waals surface area contributed by atoms with Gasteiger partial charge < -0.3 is 4.74 Å². The van der Waals surface area contributed by atoms with Crippen LogP contribution in [-0.4, -0.2) is 42.5 Å². The SMILES string of the molecule is CC(C)Oc1ccc(CN2CCc3nc(-c4cncnc4)ncc3C2)cn1. The van der Waals surface area contributed by atoms with Crippen molar-refractivity contribution in [3.8, 4) is 17.3 Å². The summed E-state index contributed by atoms with van der Waals surface area (Å²) in [6.07, 6.45) is 9.84. The Labute approximate surface area is 158 Å². The minimum atomic E-state index is 0.134. The Hall–Kier alpha value is -2.93. The van der Waals surface area contributed by atoms with Gasteiger partial charge >= 0.3 is 0 Å². The summed E-state index contributed by atoms with van der Waals surface area (Å²) in [5, 5.41) is 0. The number of rotatable bonds is 5. The maximum Gasteiger partial charge on any atom is 0.213 e. The number of aromatic nitrogens is 5. The minimum absolute atomic E-state index is 0.134. The summed E-state index contributed by atoms with van der Waals surface area (Å²) in [7, 11) is 0. The summed E-state index contributed by atoms with van der Waals surface area (Å²) in [4.78, 5) is 24.1. The van der Waals surface area contributed by atoms with E-state index in [1.807, 2.05) is 32.3 Å². The fourth-order valence-electron chi connectivity index (χ4n) is 3.14. The van der Waals surface area contributed by atoms with Crippen molar-refractivity contribution in [1.82, 2.24) is 29.8 Å². The number of nitrogens with zero attached hydrogens (tertiary/aromatic N) is 6. The molecular formula is C20H22N6O. The first-order valence-corrected chi connectivity index (χ1v) is 9.11. The zero-order valence-corrected chi connectivity index (χ0v) is 15.5. The maximum atomic E-state index is 5.60. The van der Waals surface area contributed by atoms with Crippen LogP contribution in [0, 0.1) is 0 Å². The number of fused-ring (bicyclic) bond motifs is 1. The van der Waals surface area contributed by atoms with Crippen molar-refractivity contribution < 1.29 is 4.74 Å². The van der Waals surface area contributed by atoms with Gasteiger partial charge in [0.05, 0.1) is 17.4 Å². The molecule has 4 heterocycles. The molecule has 0 amide bonds. The molecule has 1 aliphatic rings. The topological polar surface area (TPSA) is 76.9 Å². The second-order valence-corrected chi connectivity index (χ2v) is 6.92. The molecule has 0 spiro atoms. The highest BCUT2D eigenvalue weighted by Crippen LogP contribution is 2.21. The van der Waals surface area contributed by atoms with E-state index in [1.54, 1.807) is 12.4 Å². The lowest BCUT2D eigenvalue weighted by molar-refractivity contribution is 0.230. The van der Waals surface area contributed by atoms with Crippen molar-refractivity contribution >= 4 is 0 Å². The van der Waals surface area contributed by atoms with Gasteiger partial charge in [-0.2, -0.15) is 0 Å². The highest BCUT2D eigenvalue weighted by Gasteiger charge is 2.19. The molecular weight excluding hydrogens is 340 g/mol. The van der Waals surface area contributed by atoms with E-state index < -0.39 is 0 Å². The number of hydrogen-bond donors (Lipinski definition) is 0. The van der Waals surface area contributed by atoms with Crippen LogP contribution in [-0.2, 0) is 19.5 Å². The molecule has 4 rings (SSSR count). The first-order valence-electron chi connectivity index (χ1n) is 9.11. The first-order chi connectivity index (χ1) is 13.2. The molecule has 0 radical (unpaired) electrons. The van der Waals surface area contributed by atoms with E-state index in [0.717, 1.165) is 37.3 Å². The molecule has 0 saturated heterocycles. The second kappa shape index (κ2) is 7.75. The lowest BCUT2D eigenvalue weighted by Crippen LogP contribution is -2.31. The van der Waals surface area contributed by atoms with Crippen molar-refractivity contribution in [1.29, 1.82) is 0 Å². The Morgan fingerprint density at radius 1 is 1.07 bits per heavy atom. The predicted molar refractivity (Wildman–Crippen MR) is 101 cm³/mol. The molecule has 7 nitrogen and oxygen atoms in total. The highest BCUT2D eigenvalue weighted by atomic mass is 16.5. The van der Waals surface area contributed by atoms with Gasteiger partial charge in [0.25, 0.3) is 0 Å². The molecule has 0 bridgehead atoms. The molecule has 0 aliphatic carbocycles. The Balaban J connectivity index is 1.43. The Morgan fingerprint density at radius 3 is 2.67 bits per heavy atom. The van der Waals surface area contributed by atoms with Crippen LogP contribution in [0.2, 0.25) is 0 Å². The number of hydrogen-bond acceptors (Lipinski definition) is 7. The minimum Gasteiger partial charge on any atom is -0.475 e. The highest BCUT2D eigenvalue weighted by molar-refractivity contribution is 5.52. The zero-order valence-electron chi connectivity index (χ0n) is 15.5. The van der Waals surface area contributed by atoms with E-state index in [4.69, 9.17) is 9.72 Å². The molecule has 0 N–H and O–H groups in total. The molecule has 138 valence electrons. The number of pyridine rings is 1. The molecule has 3 aromatic rings. The third kappa shape index (κ3) is 4.25. The van der Waals surface area contributed by atoms with Crippen molar-refractivity contribution in [3.63, 3.8) is 0 Å². The van der Waals surface area contributed by atoms with Gasteiger partial charge in [-0.25, -0.2) is 24.9 Å². The normalized spacial score (nSPS) is 14.2. The summed E-state index contributed by atoms with van der Waals surface area (Å²) in [5.41, 5.74) is 4.31. The van der Waals surface area contributed by atoms with Crippen molar-refractivity contribution in [2.75, 3.05) is 6.54 Å². The smallest absolute Gasteiger partial charge is 0.213 e. The average molecular weight is 362 g/mol. The van der Waals surface area contributed by atoms with Gasteiger partial charge in [-0.3, -0.25) is 4.90 Å². The van der Waals surface area contributed by atoms with Crippen LogP contribution in [0.3, 0.4) is 0 Å². The largest absolute Gasteiger partial charge is 0.475 e. The molecule has 0 unspecified atom stereocenters. The quantitative estimate of drug-likeness (QED) is 0.690. The third-order valence-electron chi connectivity index (χ3n) is 4.39. The van der Waals surface area contributed by atoms with E-state index in [1.165, 1.54) is 17.5 Å². The van der Waals surface area contributed by atoms with E-state index in [2.05, 4.69) is 30.9 Å². The van der Waals surface area contributed by atoms with E-state index in [9.17, 15) is 0 Å². The molecule has 1 aliphatic heterocycles. The fourth-order valence-corrected chi connectivity index (χ4v) is 3.14. The monoisotopic (exact) mass is 362 g/mol. The third-order valence-corrected chi connectivity index (χ3v) is 4.39. The summed E-state index contributed by atoms with van der Waals surface area (Å²) < 4.78 is 5.60. The van der Waals surface area contributed by atoms with Gasteiger partial charge in [-0.1, -0.05) is 6.07 Å². The van der Waals surface area contributed by atoms with Gasteiger partial charge in [0.1, 0.15) is 6.33 Å². The molecule has 27 heavy (non-hydrogen) atoms. The predicted octanol–water partition coefficient (Wildman–Crippen LogP) is 2.67. The lowest BCUT2D eigenvalue weighted by atomic mass is 10.1. The van der Waals surface area contributed by atoms with Crippen LogP contribution in [0.1, 0.15) is 30.7 Å². The maximum absolute atomic E-state index is 5.60. The Bertz CT molecular complexity index is 898. The Morgan fingerprint density at radius 2 is 1.93 bits per heavy atom. The summed E-state index contributed by atoms with van der Waals surface area (Å²) in [5.74, 6) is 1.36. The van der Waals surface area contributed by atoms with Gasteiger partial charge in [0.15, 0.2) is 5.82 Å². The van der Waals surface area contributed by atoms with Gasteiger partial charge in [0, 0.05) is 62.5 Å². The summed E-state index contributed by atoms with van der Waals surface area (Å²) >= 11 is 0. The van der Waals surface area contributed by atoms with E-state index in [0.29, 0.717) is 11.7 Å². The molecule has 0 atom stereocenters. The summed E-state index contributed by atoms with van der Waals surface area (Å²) in [6.45, 7) is 6.64. The lowest BCUT2D eigenvalue weighted by Gasteiger charge is -2.28. The van der Waals surface area contributed by atoms with Crippen LogP contribution < -0.4 is 4.74 Å². The average Bonchev–Trinajstić information content (AvgIpc) is 2.69. The Kier molecular flexibility index (Phi) is 5.02. The van der Waals surface area contributed by atoms with Crippen molar-refractivity contribution in [2.45, 2.75) is 39.5 Å². The van der Waals surface area contributed by atoms with Crippen LogP contribution in [0.25, 0.3) is 11.4 Å². The fraction of sp³-hybridized carbons (Fsp3) is 0.350. The standard InChI is InChI=1S/C20H22N6O/c1-14(2)27-19-4-3-15(7-23-19)11-26-6-5-18-17(12-26)10-24-20(25-18)16-8-21-13-22-9-16/h3-4,7-10,13-14H,5-6,11-12H2,1-2H3. The van der Waals surface area contributed by atoms with E-state index in [-0.39, 0.29) is 6.10 Å². The van der Waals surface area contributed by atoms with Crippen molar-refractivity contribution in [3.05, 3.63) is 60.1 Å². The zero-order chi connectivity index (χ0) is 18.6. The van der Waals surface area contributed by atoms with Crippen LogP contribution in [0.5, 0.6) is 5.88 Å². The molecule has 3 aromatic heterocycles. The second-order valence-electron chi connectivity index (χ2n) is 6.92. The van der Waals surface area contributed by atoms with Gasteiger partial charge in [-0.15, -0.1) is 0 Å². The van der Waals surface area contributed by atoms with Crippen LogP contribution in [0.15, 0.2) is 43.2 Å². The molecule has 7 heteroatoms. The van der Waals surface area contributed by atoms with Crippen LogP contribution in [0.4, 0.5) is 0 Å². The molecule has 0 fully saturated rings. The van der Waals surface area contributed by atoms with Crippen molar-refractivity contribution in [2.24, 2.45) is 0 Å². The number of ether oxygens (including phenoxy) is 1.